The Morgan fingerprint density at radius 2 is 2.24 bits per heavy atom. The normalized spacial score (nSPS) is 11.4. The molecule has 7 nitrogen and oxygen atoms in total. The molecule has 2 heterocycles. The lowest BCUT2D eigenvalue weighted by Gasteiger charge is -2.08. The largest absolute Gasteiger partial charge is 0.358 e. The van der Waals surface area contributed by atoms with E-state index in [1.54, 1.807) is 18.3 Å². The molecule has 9 heteroatoms. The minimum absolute atomic E-state index is 0.131. The van der Waals surface area contributed by atoms with E-state index in [0.717, 1.165) is 17.3 Å². The molecule has 0 radical (unpaired) electrons. The number of fused-ring (bicyclic) bond motifs is 1. The second-order valence-electron chi connectivity index (χ2n) is 4.35. The first kappa shape index (κ1) is 13.5. The molecule has 0 saturated heterocycles. The van der Waals surface area contributed by atoms with Gasteiger partial charge in [-0.2, -0.15) is 22.4 Å². The van der Waals surface area contributed by atoms with Crippen LogP contribution in [0.1, 0.15) is 11.1 Å². The molecular weight excluding hydrogens is 310 g/mol. The Balaban J connectivity index is 2.13. The number of nitrogens with zero attached hydrogens (tertiary/aromatic N) is 3. The van der Waals surface area contributed by atoms with Crippen LogP contribution in [0, 0.1) is 18.3 Å². The number of sulfonamides is 1. The molecule has 3 rings (SSSR count). The van der Waals surface area contributed by atoms with Gasteiger partial charge < -0.3 is 4.98 Å². The highest BCUT2D eigenvalue weighted by Gasteiger charge is 2.20. The van der Waals surface area contributed by atoms with Crippen molar-refractivity contribution in [2.45, 2.75) is 11.9 Å². The number of aryl methyl sites for hydroxylation is 1. The number of rotatable bonds is 3. The molecule has 2 aromatic heterocycles. The molecule has 106 valence electrons. The van der Waals surface area contributed by atoms with Crippen molar-refractivity contribution in [2.24, 2.45) is 0 Å². The van der Waals surface area contributed by atoms with Crippen LogP contribution in [0.15, 0.2) is 29.6 Å². The summed E-state index contributed by atoms with van der Waals surface area (Å²) in [4.78, 5) is 2.93. The van der Waals surface area contributed by atoms with Crippen molar-refractivity contribution in [1.82, 2.24) is 13.7 Å². The van der Waals surface area contributed by atoms with Gasteiger partial charge in [-0.3, -0.25) is 4.72 Å². The fraction of sp³-hybridized carbons (Fsp3) is 0.0833. The van der Waals surface area contributed by atoms with Crippen molar-refractivity contribution in [3.05, 3.63) is 35.7 Å². The lowest BCUT2D eigenvalue weighted by atomic mass is 10.1. The zero-order chi connectivity index (χ0) is 15.0. The molecule has 0 aliphatic rings. The number of benzene rings is 1. The van der Waals surface area contributed by atoms with Gasteiger partial charge in [0, 0.05) is 11.6 Å². The van der Waals surface area contributed by atoms with Gasteiger partial charge in [-0.1, -0.05) is 6.07 Å². The Bertz CT molecular complexity index is 952. The van der Waals surface area contributed by atoms with E-state index in [1.165, 1.54) is 6.20 Å². The number of H-pyrrole nitrogens is 1. The van der Waals surface area contributed by atoms with Gasteiger partial charge in [-0.05, 0) is 18.6 Å². The first-order valence-corrected chi connectivity index (χ1v) is 8.05. The Kier molecular flexibility index (Phi) is 3.12. The topological polar surface area (TPSA) is 112 Å². The zero-order valence-electron chi connectivity index (χ0n) is 10.8. The number of hydrogen-bond donors (Lipinski definition) is 2. The average molecular weight is 319 g/mol. The van der Waals surface area contributed by atoms with Gasteiger partial charge in [0.05, 0.1) is 34.7 Å². The van der Waals surface area contributed by atoms with Gasteiger partial charge in [0.1, 0.15) is 6.07 Å². The highest BCUT2D eigenvalue weighted by molar-refractivity contribution is 7.92. The fourth-order valence-electron chi connectivity index (χ4n) is 2.07. The van der Waals surface area contributed by atoms with Crippen LogP contribution in [0.5, 0.6) is 0 Å². The van der Waals surface area contributed by atoms with Crippen LogP contribution in [0.4, 0.5) is 5.69 Å². The van der Waals surface area contributed by atoms with Gasteiger partial charge in [0.25, 0.3) is 10.0 Å². The molecule has 0 atom stereocenters. The molecule has 1 aromatic carbocycles. The van der Waals surface area contributed by atoms with Gasteiger partial charge in [-0.25, -0.2) is 0 Å². The highest BCUT2D eigenvalue weighted by Crippen LogP contribution is 2.29. The van der Waals surface area contributed by atoms with Crippen molar-refractivity contribution in [2.75, 3.05) is 4.72 Å². The van der Waals surface area contributed by atoms with E-state index in [4.69, 9.17) is 5.26 Å². The molecule has 2 N–H and O–H groups in total. The van der Waals surface area contributed by atoms with Crippen molar-refractivity contribution in [3.63, 3.8) is 0 Å². The van der Waals surface area contributed by atoms with Crippen LogP contribution in [0.3, 0.4) is 0 Å². The summed E-state index contributed by atoms with van der Waals surface area (Å²) in [6.45, 7) is 1.86. The molecule has 0 saturated carbocycles. The maximum Gasteiger partial charge on any atom is 0.282 e. The third kappa shape index (κ3) is 2.24. The Morgan fingerprint density at radius 1 is 1.43 bits per heavy atom. The predicted molar refractivity (Wildman–Crippen MR) is 78.5 cm³/mol. The summed E-state index contributed by atoms with van der Waals surface area (Å²) in [5.74, 6) is 0. The standard InChI is InChI=1S/C12H9N5O2S2/c1-7-2-3-9(12-11(7)8(4-13)5-14-12)17-21(18,19)10-6-15-20-16-10/h2-3,5-6,14,17H,1H3. The minimum Gasteiger partial charge on any atom is -0.358 e. The predicted octanol–water partition coefficient (Wildman–Crippen LogP) is 2.00. The third-order valence-corrected chi connectivity index (χ3v) is 4.85. The summed E-state index contributed by atoms with van der Waals surface area (Å²) < 4.78 is 34.2. The molecular formula is C12H9N5O2S2. The van der Waals surface area contributed by atoms with Crippen LogP contribution in [-0.2, 0) is 10.0 Å². The summed E-state index contributed by atoms with van der Waals surface area (Å²) in [5.41, 5.74) is 2.29. The molecule has 0 spiro atoms. The van der Waals surface area contributed by atoms with E-state index < -0.39 is 10.0 Å². The van der Waals surface area contributed by atoms with E-state index in [0.29, 0.717) is 22.2 Å². The van der Waals surface area contributed by atoms with Gasteiger partial charge >= 0.3 is 0 Å². The van der Waals surface area contributed by atoms with Crippen LogP contribution in [0.25, 0.3) is 10.9 Å². The summed E-state index contributed by atoms with van der Waals surface area (Å²) in [6.07, 6.45) is 2.74. The first-order valence-electron chi connectivity index (χ1n) is 5.84. The second-order valence-corrected chi connectivity index (χ2v) is 6.53. The third-order valence-electron chi connectivity index (χ3n) is 3.03. The number of hydrogen-bond acceptors (Lipinski definition) is 6. The quantitative estimate of drug-likeness (QED) is 0.767. The summed E-state index contributed by atoms with van der Waals surface area (Å²) in [6, 6.07) is 5.48. The second kappa shape index (κ2) is 4.83. The number of aromatic nitrogens is 3. The number of nitrogens with one attached hydrogen (secondary N) is 2. The van der Waals surface area contributed by atoms with E-state index in [1.807, 2.05) is 6.92 Å². The van der Waals surface area contributed by atoms with Crippen molar-refractivity contribution in [3.8, 4) is 6.07 Å². The van der Waals surface area contributed by atoms with E-state index in [2.05, 4.69) is 24.5 Å². The van der Waals surface area contributed by atoms with Crippen molar-refractivity contribution in [1.29, 1.82) is 5.26 Å². The number of nitriles is 1. The molecule has 0 unspecified atom stereocenters. The molecule has 21 heavy (non-hydrogen) atoms. The summed E-state index contributed by atoms with van der Waals surface area (Å²) in [7, 11) is -3.79. The molecule has 0 amide bonds. The molecule has 0 aliphatic carbocycles. The lowest BCUT2D eigenvalue weighted by molar-refractivity contribution is 0.598. The summed E-state index contributed by atoms with van der Waals surface area (Å²) >= 11 is 0.821. The van der Waals surface area contributed by atoms with Crippen LogP contribution < -0.4 is 4.72 Å². The van der Waals surface area contributed by atoms with Crippen molar-refractivity contribution < 1.29 is 8.42 Å². The number of aromatic amines is 1. The Hall–Kier alpha value is -2.44. The van der Waals surface area contributed by atoms with Gasteiger partial charge in [-0.15, -0.1) is 0 Å². The van der Waals surface area contributed by atoms with E-state index in [-0.39, 0.29) is 5.03 Å². The zero-order valence-corrected chi connectivity index (χ0v) is 12.4. The van der Waals surface area contributed by atoms with Crippen molar-refractivity contribution >= 4 is 38.3 Å². The SMILES string of the molecule is Cc1ccc(NS(=O)(=O)c2cnsn2)c2[nH]cc(C#N)c12. The average Bonchev–Trinajstić information content (AvgIpc) is 3.10. The lowest BCUT2D eigenvalue weighted by Crippen LogP contribution is -2.13. The fourth-order valence-corrected chi connectivity index (χ4v) is 3.70. The molecule has 3 aromatic rings. The minimum atomic E-state index is -3.79. The van der Waals surface area contributed by atoms with E-state index >= 15 is 0 Å². The Morgan fingerprint density at radius 3 is 2.90 bits per heavy atom. The van der Waals surface area contributed by atoms with E-state index in [9.17, 15) is 8.42 Å². The highest BCUT2D eigenvalue weighted by atomic mass is 32.2. The molecule has 0 fully saturated rings. The van der Waals surface area contributed by atoms with Crippen LogP contribution in [-0.4, -0.2) is 22.1 Å². The summed E-state index contributed by atoms with van der Waals surface area (Å²) in [5, 5.41) is 9.67. The smallest absolute Gasteiger partial charge is 0.282 e. The van der Waals surface area contributed by atoms with Gasteiger partial charge in [0.2, 0.25) is 5.03 Å². The number of anilines is 1. The van der Waals surface area contributed by atoms with Crippen LogP contribution in [0.2, 0.25) is 0 Å². The Labute approximate surface area is 124 Å². The molecule has 0 bridgehead atoms. The van der Waals surface area contributed by atoms with Crippen LogP contribution >= 0.6 is 11.7 Å². The van der Waals surface area contributed by atoms with Gasteiger partial charge in [0.15, 0.2) is 0 Å². The first-order chi connectivity index (χ1) is 10.0. The molecule has 0 aliphatic heterocycles. The maximum atomic E-state index is 12.2. The monoisotopic (exact) mass is 319 g/mol. The maximum absolute atomic E-state index is 12.2.